The van der Waals surface area contributed by atoms with Gasteiger partial charge in [0.15, 0.2) is 5.16 Å². The second kappa shape index (κ2) is 11.1. The molecule has 0 aliphatic heterocycles. The van der Waals surface area contributed by atoms with Gasteiger partial charge in [-0.3, -0.25) is 0 Å². The Kier molecular flexibility index (Phi) is 7.50. The summed E-state index contributed by atoms with van der Waals surface area (Å²) >= 11 is 1.45. The highest BCUT2D eigenvalue weighted by molar-refractivity contribution is 7.98. The first-order valence-corrected chi connectivity index (χ1v) is 13.5. The van der Waals surface area contributed by atoms with E-state index in [0.717, 1.165) is 43.2 Å². The number of carbonyl (C=O) groups excluding carboxylic acids is 1. The molecule has 2 aromatic heterocycles. The summed E-state index contributed by atoms with van der Waals surface area (Å²) in [5.41, 5.74) is 2.97. The summed E-state index contributed by atoms with van der Waals surface area (Å²) in [5, 5.41) is 3.78. The Morgan fingerprint density at radius 1 is 1.05 bits per heavy atom. The zero-order valence-electron chi connectivity index (χ0n) is 20.5. The normalized spacial score (nSPS) is 14.8. The number of H-pyrrole nitrogens is 1. The predicted octanol–water partition coefficient (Wildman–Crippen LogP) is 6.48. The van der Waals surface area contributed by atoms with E-state index in [0.29, 0.717) is 28.1 Å². The van der Waals surface area contributed by atoms with Crippen LogP contribution in [0.15, 0.2) is 72.0 Å². The average molecular weight is 518 g/mol. The van der Waals surface area contributed by atoms with Gasteiger partial charge in [0.1, 0.15) is 23.8 Å². The zero-order chi connectivity index (χ0) is 25.7. The number of hydrogen-bond donors (Lipinski definition) is 2. The van der Waals surface area contributed by atoms with E-state index >= 15 is 0 Å². The number of aromatic nitrogens is 4. The van der Waals surface area contributed by atoms with Gasteiger partial charge in [0.2, 0.25) is 0 Å². The lowest BCUT2D eigenvalue weighted by Gasteiger charge is -2.36. The van der Waals surface area contributed by atoms with Gasteiger partial charge in [0.05, 0.1) is 17.1 Å². The monoisotopic (exact) mass is 517 g/mol. The first-order valence-electron chi connectivity index (χ1n) is 12.3. The van der Waals surface area contributed by atoms with Crippen LogP contribution in [0.3, 0.4) is 0 Å². The largest absolute Gasteiger partial charge is 0.445 e. The molecule has 2 N–H and O–H groups in total. The molecule has 37 heavy (non-hydrogen) atoms. The Morgan fingerprint density at radius 2 is 1.81 bits per heavy atom. The van der Waals surface area contributed by atoms with Crippen molar-refractivity contribution in [3.05, 3.63) is 84.1 Å². The van der Waals surface area contributed by atoms with Crippen LogP contribution in [0, 0.1) is 5.82 Å². The number of alkyl carbamates (subject to hydrolysis) is 1. The molecule has 5 rings (SSSR count). The second-order valence-electron chi connectivity index (χ2n) is 9.07. The van der Waals surface area contributed by atoms with E-state index < -0.39 is 11.6 Å². The van der Waals surface area contributed by atoms with Gasteiger partial charge >= 0.3 is 6.09 Å². The number of hydrogen-bond acceptors (Lipinski definition) is 6. The number of carbonyl (C=O) groups is 1. The van der Waals surface area contributed by atoms with Gasteiger partial charge in [-0.25, -0.2) is 24.1 Å². The molecule has 2 heterocycles. The lowest BCUT2D eigenvalue weighted by atomic mass is 9.81. The third kappa shape index (κ3) is 5.67. The molecule has 1 aliphatic carbocycles. The van der Waals surface area contributed by atoms with Gasteiger partial charge in [-0.15, -0.1) is 0 Å². The van der Waals surface area contributed by atoms with E-state index in [-0.39, 0.29) is 12.4 Å². The SMILES string of the molecule is CSc1nccc(-c2[nH]c(C3(NC(=O)OCc4ccccc4)CCCCC3)nc2-c2ccc(F)cc2)n1. The summed E-state index contributed by atoms with van der Waals surface area (Å²) in [6.45, 7) is 0.186. The number of rotatable bonds is 7. The summed E-state index contributed by atoms with van der Waals surface area (Å²) in [7, 11) is 0. The maximum Gasteiger partial charge on any atom is 0.408 e. The van der Waals surface area contributed by atoms with Gasteiger partial charge < -0.3 is 15.0 Å². The highest BCUT2D eigenvalue weighted by Crippen LogP contribution is 2.39. The van der Waals surface area contributed by atoms with Crippen LogP contribution in [0.25, 0.3) is 22.6 Å². The molecule has 0 atom stereocenters. The first kappa shape index (κ1) is 25.0. The highest BCUT2D eigenvalue weighted by Gasteiger charge is 2.39. The maximum absolute atomic E-state index is 13.7. The minimum absolute atomic E-state index is 0.186. The molecular weight excluding hydrogens is 489 g/mol. The molecule has 1 amide bonds. The number of amides is 1. The standard InChI is InChI=1S/C28H28FN5O2S/c1-37-26-30-17-14-22(31-26)24-23(20-10-12-21(29)13-11-20)32-25(33-24)28(15-6-3-7-16-28)34-27(35)36-18-19-8-4-2-5-9-19/h2,4-5,8-14,17H,3,6-7,15-16,18H2,1H3,(H,32,33)(H,34,35). The molecule has 1 saturated carbocycles. The fourth-order valence-electron chi connectivity index (χ4n) is 4.71. The van der Waals surface area contributed by atoms with Gasteiger partial charge in [0.25, 0.3) is 0 Å². The summed E-state index contributed by atoms with van der Waals surface area (Å²) in [4.78, 5) is 30.4. The number of halogens is 1. The van der Waals surface area contributed by atoms with E-state index in [2.05, 4.69) is 20.3 Å². The van der Waals surface area contributed by atoms with Crippen LogP contribution >= 0.6 is 11.8 Å². The molecule has 1 fully saturated rings. The Labute approximate surface area is 219 Å². The van der Waals surface area contributed by atoms with Crippen molar-refractivity contribution in [2.45, 2.75) is 49.4 Å². The number of ether oxygens (including phenoxy) is 1. The van der Waals surface area contributed by atoms with Crippen LogP contribution < -0.4 is 5.32 Å². The van der Waals surface area contributed by atoms with Crippen molar-refractivity contribution in [2.24, 2.45) is 0 Å². The third-order valence-electron chi connectivity index (χ3n) is 6.61. The van der Waals surface area contributed by atoms with Crippen molar-refractivity contribution in [3.8, 4) is 22.6 Å². The van der Waals surface area contributed by atoms with E-state index in [9.17, 15) is 9.18 Å². The van der Waals surface area contributed by atoms with Gasteiger partial charge in [-0.05, 0) is 55.0 Å². The molecule has 4 aromatic rings. The summed E-state index contributed by atoms with van der Waals surface area (Å²) in [6, 6.07) is 17.6. The summed E-state index contributed by atoms with van der Waals surface area (Å²) < 4.78 is 19.3. The van der Waals surface area contributed by atoms with Crippen LogP contribution in [-0.2, 0) is 16.9 Å². The number of nitrogens with zero attached hydrogens (tertiary/aromatic N) is 3. The number of benzene rings is 2. The van der Waals surface area contributed by atoms with Crippen molar-refractivity contribution >= 4 is 17.9 Å². The molecular formula is C28H28FN5O2S. The minimum Gasteiger partial charge on any atom is -0.445 e. The molecule has 1 aliphatic rings. The van der Waals surface area contributed by atoms with Crippen molar-refractivity contribution in [1.29, 1.82) is 0 Å². The lowest BCUT2D eigenvalue weighted by Crippen LogP contribution is -2.48. The van der Waals surface area contributed by atoms with E-state index in [1.165, 1.54) is 23.9 Å². The number of imidazole rings is 1. The Balaban J connectivity index is 1.51. The minimum atomic E-state index is -0.714. The van der Waals surface area contributed by atoms with Gasteiger partial charge in [0, 0.05) is 11.8 Å². The van der Waals surface area contributed by atoms with E-state index in [4.69, 9.17) is 9.72 Å². The fourth-order valence-corrected chi connectivity index (χ4v) is 5.07. The molecule has 0 spiro atoms. The van der Waals surface area contributed by atoms with E-state index in [1.54, 1.807) is 18.3 Å². The molecule has 0 bridgehead atoms. The van der Waals surface area contributed by atoms with Crippen molar-refractivity contribution in [3.63, 3.8) is 0 Å². The summed E-state index contributed by atoms with van der Waals surface area (Å²) in [6.07, 6.45) is 7.57. The molecule has 190 valence electrons. The average Bonchev–Trinajstić information content (AvgIpc) is 3.40. The summed E-state index contributed by atoms with van der Waals surface area (Å²) in [5.74, 6) is 0.321. The van der Waals surface area contributed by atoms with Crippen LogP contribution in [0.2, 0.25) is 0 Å². The topological polar surface area (TPSA) is 92.8 Å². The maximum atomic E-state index is 13.7. The molecule has 9 heteroatoms. The highest BCUT2D eigenvalue weighted by atomic mass is 32.2. The Hall–Kier alpha value is -3.72. The van der Waals surface area contributed by atoms with Crippen LogP contribution in [0.1, 0.15) is 43.5 Å². The third-order valence-corrected chi connectivity index (χ3v) is 7.17. The Bertz CT molecular complexity index is 1350. The number of aromatic amines is 1. The second-order valence-corrected chi connectivity index (χ2v) is 9.85. The van der Waals surface area contributed by atoms with E-state index in [1.807, 2.05) is 42.7 Å². The van der Waals surface area contributed by atoms with Crippen molar-refractivity contribution in [1.82, 2.24) is 25.3 Å². The first-order chi connectivity index (χ1) is 18.1. The van der Waals surface area contributed by atoms with Gasteiger partial charge in [-0.2, -0.15) is 0 Å². The van der Waals surface area contributed by atoms with Crippen LogP contribution in [-0.4, -0.2) is 32.3 Å². The van der Waals surface area contributed by atoms with Gasteiger partial charge in [-0.1, -0.05) is 61.4 Å². The molecule has 0 unspecified atom stereocenters. The van der Waals surface area contributed by atoms with Crippen LogP contribution in [0.4, 0.5) is 9.18 Å². The zero-order valence-corrected chi connectivity index (χ0v) is 21.4. The number of thioether (sulfide) groups is 1. The van der Waals surface area contributed by atoms with Crippen molar-refractivity contribution in [2.75, 3.05) is 6.26 Å². The van der Waals surface area contributed by atoms with Crippen LogP contribution in [0.5, 0.6) is 0 Å². The lowest BCUT2D eigenvalue weighted by molar-refractivity contribution is 0.115. The molecule has 7 nitrogen and oxygen atoms in total. The predicted molar refractivity (Wildman–Crippen MR) is 141 cm³/mol. The quantitative estimate of drug-likeness (QED) is 0.215. The van der Waals surface area contributed by atoms with Crippen molar-refractivity contribution < 1.29 is 13.9 Å². The molecule has 2 aromatic carbocycles. The smallest absolute Gasteiger partial charge is 0.408 e. The Morgan fingerprint density at radius 3 is 2.54 bits per heavy atom. The fraction of sp³-hybridized carbons (Fsp3) is 0.286. The molecule has 0 radical (unpaired) electrons. The molecule has 0 saturated heterocycles. The number of nitrogens with one attached hydrogen (secondary N) is 2.